The van der Waals surface area contributed by atoms with Crippen molar-refractivity contribution in [2.24, 2.45) is 0 Å². The van der Waals surface area contributed by atoms with Gasteiger partial charge < -0.3 is 10.3 Å². The molecule has 0 fully saturated rings. The molecule has 0 aromatic carbocycles. The van der Waals surface area contributed by atoms with E-state index in [0.29, 0.717) is 23.4 Å². The summed E-state index contributed by atoms with van der Waals surface area (Å²) >= 11 is 0. The summed E-state index contributed by atoms with van der Waals surface area (Å²) in [6.07, 6.45) is 3.63. The first-order valence-electron chi connectivity index (χ1n) is 6.31. The maximum absolute atomic E-state index is 13.7. The monoisotopic (exact) mass is 259 g/mol. The van der Waals surface area contributed by atoms with Gasteiger partial charge in [-0.25, -0.2) is 4.39 Å². The highest BCUT2D eigenvalue weighted by molar-refractivity contribution is 5.98. The van der Waals surface area contributed by atoms with Gasteiger partial charge in [0.05, 0.1) is 11.8 Å². The molecule has 0 saturated heterocycles. The van der Waals surface area contributed by atoms with Crippen LogP contribution in [-0.4, -0.2) is 22.4 Å². The van der Waals surface area contributed by atoms with Crippen LogP contribution in [0.1, 0.15) is 35.3 Å². The van der Waals surface area contributed by atoms with Gasteiger partial charge in [0.15, 0.2) is 5.82 Å². The number of rotatable bonds is 2. The molecule has 0 bridgehead atoms. The number of fused-ring (bicyclic) bond motifs is 1. The van der Waals surface area contributed by atoms with Crippen LogP contribution in [0.5, 0.6) is 0 Å². The molecule has 2 aromatic heterocycles. The number of H-pyrrole nitrogens is 1. The third kappa shape index (κ3) is 1.91. The van der Waals surface area contributed by atoms with Gasteiger partial charge in [0, 0.05) is 35.6 Å². The number of hydrogen-bond donors (Lipinski definition) is 2. The number of carbonyl (C=O) groups is 1. The quantitative estimate of drug-likeness (QED) is 0.870. The molecule has 19 heavy (non-hydrogen) atoms. The van der Waals surface area contributed by atoms with Gasteiger partial charge in [0.25, 0.3) is 5.91 Å². The number of halogens is 1. The Morgan fingerprint density at radius 2 is 2.32 bits per heavy atom. The Morgan fingerprint density at radius 1 is 1.47 bits per heavy atom. The number of amides is 1. The van der Waals surface area contributed by atoms with Crippen molar-refractivity contribution in [1.82, 2.24) is 15.3 Å². The van der Waals surface area contributed by atoms with Crippen molar-refractivity contribution in [3.05, 3.63) is 41.6 Å². The molecule has 0 radical (unpaired) electrons. The maximum atomic E-state index is 13.7. The second-order valence-electron chi connectivity index (χ2n) is 4.68. The number of carbonyl (C=O) groups excluding carboxylic acids is 1. The first-order chi connectivity index (χ1) is 9.20. The average molecular weight is 259 g/mol. The summed E-state index contributed by atoms with van der Waals surface area (Å²) in [5.74, 6) is -0.238. The molecule has 5 heteroatoms. The molecule has 1 aliphatic heterocycles. The number of pyridine rings is 1. The fourth-order valence-electron chi connectivity index (χ4n) is 2.48. The number of hydrogen-bond acceptors (Lipinski definition) is 2. The fourth-order valence-corrected chi connectivity index (χ4v) is 2.48. The van der Waals surface area contributed by atoms with Crippen LogP contribution in [0.25, 0.3) is 11.3 Å². The van der Waals surface area contributed by atoms with Crippen molar-refractivity contribution in [1.29, 1.82) is 0 Å². The number of aromatic amines is 1. The Bertz CT molecular complexity index is 635. The SMILES string of the molecule is CCC1CNC(=O)c2cc(-c3ccncc3F)[nH]c21. The lowest BCUT2D eigenvalue weighted by molar-refractivity contribution is 0.0939. The summed E-state index contributed by atoms with van der Waals surface area (Å²) in [7, 11) is 0. The smallest absolute Gasteiger partial charge is 0.253 e. The van der Waals surface area contributed by atoms with E-state index in [4.69, 9.17) is 0 Å². The predicted molar refractivity (Wildman–Crippen MR) is 69.3 cm³/mol. The van der Waals surface area contributed by atoms with E-state index in [1.807, 2.05) is 0 Å². The molecule has 0 spiro atoms. The normalized spacial score (nSPS) is 18.0. The van der Waals surface area contributed by atoms with E-state index < -0.39 is 5.82 Å². The molecule has 3 rings (SSSR count). The molecule has 0 saturated carbocycles. The molecule has 2 N–H and O–H groups in total. The Morgan fingerprint density at radius 3 is 3.05 bits per heavy atom. The van der Waals surface area contributed by atoms with E-state index in [0.717, 1.165) is 12.1 Å². The summed E-state index contributed by atoms with van der Waals surface area (Å²) < 4.78 is 13.7. The van der Waals surface area contributed by atoms with Crippen molar-refractivity contribution in [2.75, 3.05) is 6.54 Å². The predicted octanol–water partition coefficient (Wildman–Crippen LogP) is 2.45. The van der Waals surface area contributed by atoms with Gasteiger partial charge in [-0.2, -0.15) is 0 Å². The first kappa shape index (κ1) is 11.9. The minimum absolute atomic E-state index is 0.100. The maximum Gasteiger partial charge on any atom is 0.253 e. The Kier molecular flexibility index (Phi) is 2.81. The van der Waals surface area contributed by atoms with Crippen LogP contribution in [0, 0.1) is 5.82 Å². The summed E-state index contributed by atoms with van der Waals surface area (Å²) in [5.41, 5.74) is 2.58. The lowest BCUT2D eigenvalue weighted by Gasteiger charge is -2.21. The van der Waals surface area contributed by atoms with Crippen LogP contribution in [0.15, 0.2) is 24.5 Å². The van der Waals surface area contributed by atoms with Gasteiger partial charge in [-0.3, -0.25) is 9.78 Å². The molecule has 1 unspecified atom stereocenters. The molecular formula is C14H14FN3O. The second kappa shape index (κ2) is 4.50. The highest BCUT2D eigenvalue weighted by Crippen LogP contribution is 2.31. The van der Waals surface area contributed by atoms with Gasteiger partial charge in [0.2, 0.25) is 0 Å². The molecular weight excluding hydrogens is 245 g/mol. The number of nitrogens with one attached hydrogen (secondary N) is 2. The zero-order chi connectivity index (χ0) is 13.4. The minimum atomic E-state index is -0.394. The molecule has 1 atom stereocenters. The third-order valence-electron chi connectivity index (χ3n) is 3.57. The van der Waals surface area contributed by atoms with Crippen LogP contribution in [0.3, 0.4) is 0 Å². The second-order valence-corrected chi connectivity index (χ2v) is 4.68. The molecule has 2 aromatic rings. The zero-order valence-corrected chi connectivity index (χ0v) is 10.5. The van der Waals surface area contributed by atoms with Crippen molar-refractivity contribution < 1.29 is 9.18 Å². The summed E-state index contributed by atoms with van der Waals surface area (Å²) in [6, 6.07) is 3.32. The minimum Gasteiger partial charge on any atom is -0.357 e. The van der Waals surface area contributed by atoms with Crippen LogP contribution >= 0.6 is 0 Å². The highest BCUT2D eigenvalue weighted by atomic mass is 19.1. The first-order valence-corrected chi connectivity index (χ1v) is 6.31. The van der Waals surface area contributed by atoms with Gasteiger partial charge in [-0.1, -0.05) is 6.92 Å². The Hall–Kier alpha value is -2.17. The lowest BCUT2D eigenvalue weighted by Crippen LogP contribution is -2.34. The van der Waals surface area contributed by atoms with E-state index in [1.54, 1.807) is 12.1 Å². The summed E-state index contributed by atoms with van der Waals surface area (Å²) in [6.45, 7) is 2.70. The van der Waals surface area contributed by atoms with E-state index in [2.05, 4.69) is 22.2 Å². The fraction of sp³-hybridized carbons (Fsp3) is 0.286. The van der Waals surface area contributed by atoms with Crippen molar-refractivity contribution in [3.63, 3.8) is 0 Å². The van der Waals surface area contributed by atoms with E-state index in [1.165, 1.54) is 12.4 Å². The lowest BCUT2D eigenvalue weighted by atomic mass is 9.95. The van der Waals surface area contributed by atoms with Crippen molar-refractivity contribution >= 4 is 5.91 Å². The number of nitrogens with zero attached hydrogens (tertiary/aromatic N) is 1. The standard InChI is InChI=1S/C14H14FN3O/c1-2-8-6-17-14(19)10-5-12(18-13(8)10)9-3-4-16-7-11(9)15/h3-5,7-8,18H,2,6H2,1H3,(H,17,19). The van der Waals surface area contributed by atoms with Crippen molar-refractivity contribution in [2.45, 2.75) is 19.3 Å². The molecule has 1 amide bonds. The Balaban J connectivity index is 2.11. The van der Waals surface area contributed by atoms with Crippen LogP contribution in [0.2, 0.25) is 0 Å². The Labute approximate surface area is 110 Å². The van der Waals surface area contributed by atoms with Gasteiger partial charge in [0.1, 0.15) is 0 Å². The summed E-state index contributed by atoms with van der Waals surface area (Å²) in [4.78, 5) is 18.8. The molecule has 4 nitrogen and oxygen atoms in total. The van der Waals surface area contributed by atoms with E-state index in [9.17, 15) is 9.18 Å². The van der Waals surface area contributed by atoms with Crippen LogP contribution in [0.4, 0.5) is 4.39 Å². The summed E-state index contributed by atoms with van der Waals surface area (Å²) in [5, 5.41) is 2.85. The van der Waals surface area contributed by atoms with Crippen LogP contribution < -0.4 is 5.32 Å². The third-order valence-corrected chi connectivity index (χ3v) is 3.57. The molecule has 98 valence electrons. The van der Waals surface area contributed by atoms with Gasteiger partial charge in [-0.15, -0.1) is 0 Å². The molecule has 1 aliphatic rings. The van der Waals surface area contributed by atoms with Gasteiger partial charge >= 0.3 is 0 Å². The van der Waals surface area contributed by atoms with Crippen LogP contribution in [-0.2, 0) is 0 Å². The average Bonchev–Trinajstić information content (AvgIpc) is 2.85. The van der Waals surface area contributed by atoms with Gasteiger partial charge in [-0.05, 0) is 18.6 Å². The zero-order valence-electron chi connectivity index (χ0n) is 10.5. The van der Waals surface area contributed by atoms with E-state index >= 15 is 0 Å². The molecule has 3 heterocycles. The highest BCUT2D eigenvalue weighted by Gasteiger charge is 2.27. The largest absolute Gasteiger partial charge is 0.357 e. The topological polar surface area (TPSA) is 57.8 Å². The number of aromatic nitrogens is 2. The van der Waals surface area contributed by atoms with E-state index in [-0.39, 0.29) is 11.8 Å². The molecule has 0 aliphatic carbocycles. The van der Waals surface area contributed by atoms with Crippen molar-refractivity contribution in [3.8, 4) is 11.3 Å².